The molecule has 1 aromatic heterocycles. The third-order valence-electron chi connectivity index (χ3n) is 2.75. The Kier molecular flexibility index (Phi) is 3.28. The maximum atomic E-state index is 10.9. The van der Waals surface area contributed by atoms with E-state index < -0.39 is 10.9 Å². The number of hydrogen-bond donors (Lipinski definition) is 1. The van der Waals surface area contributed by atoms with Crippen LogP contribution in [0.4, 0.5) is 11.4 Å². The second kappa shape index (κ2) is 4.89. The molecule has 19 heavy (non-hydrogen) atoms. The number of benzene rings is 1. The van der Waals surface area contributed by atoms with E-state index in [-0.39, 0.29) is 12.2 Å². The molecular formula is C12H11N3O4. The van der Waals surface area contributed by atoms with E-state index in [1.165, 1.54) is 23.4 Å². The number of anilines is 1. The highest BCUT2D eigenvalue weighted by Gasteiger charge is 2.17. The zero-order valence-electron chi connectivity index (χ0n) is 10.1. The van der Waals surface area contributed by atoms with Crippen molar-refractivity contribution in [3.05, 3.63) is 40.7 Å². The molecule has 7 heteroatoms. The van der Waals surface area contributed by atoms with Crippen LogP contribution in [-0.2, 0) is 4.79 Å². The minimum absolute atomic E-state index is 0.0458. The molecule has 0 spiro atoms. The van der Waals surface area contributed by atoms with E-state index in [0.29, 0.717) is 16.5 Å². The van der Waals surface area contributed by atoms with Gasteiger partial charge in [0.15, 0.2) is 0 Å². The van der Waals surface area contributed by atoms with Crippen molar-refractivity contribution in [2.75, 3.05) is 18.5 Å². The predicted octanol–water partition coefficient (Wildman–Crippen LogP) is 1.66. The minimum Gasteiger partial charge on any atom is -0.480 e. The maximum absolute atomic E-state index is 10.9. The molecule has 1 heterocycles. The van der Waals surface area contributed by atoms with Crippen molar-refractivity contribution in [2.45, 2.75) is 0 Å². The Labute approximate surface area is 108 Å². The first-order valence-corrected chi connectivity index (χ1v) is 5.44. The van der Waals surface area contributed by atoms with Gasteiger partial charge in [-0.15, -0.1) is 0 Å². The van der Waals surface area contributed by atoms with Gasteiger partial charge < -0.3 is 10.0 Å². The average molecular weight is 261 g/mol. The molecule has 98 valence electrons. The molecule has 0 fully saturated rings. The van der Waals surface area contributed by atoms with E-state index in [1.807, 2.05) is 0 Å². The Morgan fingerprint density at radius 2 is 2.16 bits per heavy atom. The molecule has 0 saturated carbocycles. The highest BCUT2D eigenvalue weighted by molar-refractivity contribution is 6.00. The van der Waals surface area contributed by atoms with Crippen molar-refractivity contribution in [2.24, 2.45) is 0 Å². The van der Waals surface area contributed by atoms with E-state index >= 15 is 0 Å². The molecule has 2 rings (SSSR count). The third kappa shape index (κ3) is 2.44. The number of aromatic nitrogens is 1. The first-order valence-electron chi connectivity index (χ1n) is 5.44. The number of carboxylic acids is 1. The number of carboxylic acid groups (broad SMARTS) is 1. The SMILES string of the molecule is CN(CC(=O)O)c1ccc([N+](=O)[O-])c2cnccc12. The molecule has 0 aliphatic carbocycles. The zero-order chi connectivity index (χ0) is 14.0. The van der Waals surface area contributed by atoms with Gasteiger partial charge in [-0.3, -0.25) is 19.9 Å². The number of hydrogen-bond acceptors (Lipinski definition) is 5. The second-order valence-corrected chi connectivity index (χ2v) is 4.03. The standard InChI is InChI=1S/C12H11N3O4/c1-14(7-12(16)17)10-2-3-11(15(18)19)9-6-13-5-4-8(9)10/h2-6H,7H2,1H3,(H,16,17). The molecular weight excluding hydrogens is 250 g/mol. The molecule has 2 aromatic rings. The van der Waals surface area contributed by atoms with Gasteiger partial charge in [0.25, 0.3) is 5.69 Å². The van der Waals surface area contributed by atoms with Crippen molar-refractivity contribution >= 4 is 28.1 Å². The third-order valence-corrected chi connectivity index (χ3v) is 2.75. The van der Waals surface area contributed by atoms with E-state index in [0.717, 1.165) is 0 Å². The van der Waals surface area contributed by atoms with Crippen LogP contribution in [0, 0.1) is 10.1 Å². The van der Waals surface area contributed by atoms with Gasteiger partial charge in [-0.05, 0) is 12.1 Å². The molecule has 0 aliphatic heterocycles. The first-order chi connectivity index (χ1) is 9.00. The fourth-order valence-electron chi connectivity index (χ4n) is 1.94. The van der Waals surface area contributed by atoms with Gasteiger partial charge in [-0.1, -0.05) is 0 Å². The Bertz CT molecular complexity index is 656. The summed E-state index contributed by atoms with van der Waals surface area (Å²) in [5.74, 6) is -0.969. The summed E-state index contributed by atoms with van der Waals surface area (Å²) in [4.78, 5) is 26.6. The summed E-state index contributed by atoms with van der Waals surface area (Å²) in [6.45, 7) is -0.185. The number of aliphatic carboxylic acids is 1. The Balaban J connectivity index is 2.61. The number of fused-ring (bicyclic) bond motifs is 1. The monoisotopic (exact) mass is 261 g/mol. The summed E-state index contributed by atoms with van der Waals surface area (Å²) in [5.41, 5.74) is 0.570. The molecule has 0 amide bonds. The topological polar surface area (TPSA) is 96.6 Å². The molecule has 0 unspecified atom stereocenters. The lowest BCUT2D eigenvalue weighted by atomic mass is 10.1. The first kappa shape index (κ1) is 12.7. The quantitative estimate of drug-likeness (QED) is 0.664. The van der Waals surface area contributed by atoms with Crippen LogP contribution in [0.5, 0.6) is 0 Å². The lowest BCUT2D eigenvalue weighted by Gasteiger charge is -2.18. The van der Waals surface area contributed by atoms with Crippen molar-refractivity contribution < 1.29 is 14.8 Å². The molecule has 7 nitrogen and oxygen atoms in total. The number of nitrogens with zero attached hydrogens (tertiary/aromatic N) is 3. The maximum Gasteiger partial charge on any atom is 0.323 e. The van der Waals surface area contributed by atoms with Gasteiger partial charge >= 0.3 is 5.97 Å². The largest absolute Gasteiger partial charge is 0.480 e. The summed E-state index contributed by atoms with van der Waals surface area (Å²) in [6, 6.07) is 4.54. The molecule has 0 aliphatic rings. The molecule has 0 radical (unpaired) electrons. The van der Waals surface area contributed by atoms with E-state index in [2.05, 4.69) is 4.98 Å². The van der Waals surface area contributed by atoms with Crippen LogP contribution < -0.4 is 4.90 Å². The van der Waals surface area contributed by atoms with Crippen LogP contribution >= 0.6 is 0 Å². The number of non-ortho nitro benzene ring substituents is 1. The second-order valence-electron chi connectivity index (χ2n) is 4.03. The number of rotatable bonds is 4. The molecule has 0 atom stereocenters. The zero-order valence-corrected chi connectivity index (χ0v) is 10.1. The number of likely N-dealkylation sites (N-methyl/N-ethyl adjacent to an activating group) is 1. The van der Waals surface area contributed by atoms with Crippen LogP contribution in [0.25, 0.3) is 10.8 Å². The Morgan fingerprint density at radius 3 is 2.79 bits per heavy atom. The lowest BCUT2D eigenvalue weighted by molar-refractivity contribution is -0.383. The van der Waals surface area contributed by atoms with E-state index in [4.69, 9.17) is 5.11 Å². The summed E-state index contributed by atoms with van der Waals surface area (Å²) < 4.78 is 0. The van der Waals surface area contributed by atoms with Crippen LogP contribution in [0.3, 0.4) is 0 Å². The summed E-state index contributed by atoms with van der Waals surface area (Å²) in [7, 11) is 1.62. The van der Waals surface area contributed by atoms with Crippen molar-refractivity contribution in [1.29, 1.82) is 0 Å². The minimum atomic E-state index is -0.969. The van der Waals surface area contributed by atoms with Gasteiger partial charge in [0.05, 0.1) is 10.3 Å². The van der Waals surface area contributed by atoms with Crippen molar-refractivity contribution in [3.63, 3.8) is 0 Å². The lowest BCUT2D eigenvalue weighted by Crippen LogP contribution is -2.25. The summed E-state index contributed by atoms with van der Waals surface area (Å²) >= 11 is 0. The summed E-state index contributed by atoms with van der Waals surface area (Å²) in [5, 5.41) is 20.7. The Morgan fingerprint density at radius 1 is 1.42 bits per heavy atom. The number of carbonyl (C=O) groups is 1. The fourth-order valence-corrected chi connectivity index (χ4v) is 1.94. The van der Waals surface area contributed by atoms with Crippen molar-refractivity contribution in [3.8, 4) is 0 Å². The van der Waals surface area contributed by atoms with E-state index in [9.17, 15) is 14.9 Å². The van der Waals surface area contributed by atoms with Gasteiger partial charge in [0.1, 0.15) is 6.54 Å². The summed E-state index contributed by atoms with van der Waals surface area (Å²) in [6.07, 6.45) is 2.93. The molecule has 0 saturated heterocycles. The van der Waals surface area contributed by atoms with E-state index in [1.54, 1.807) is 19.2 Å². The van der Waals surface area contributed by atoms with Crippen LogP contribution in [0.1, 0.15) is 0 Å². The van der Waals surface area contributed by atoms with Gasteiger partial charge in [-0.2, -0.15) is 0 Å². The number of pyridine rings is 1. The number of nitro groups is 1. The fraction of sp³-hybridized carbons (Fsp3) is 0.167. The van der Waals surface area contributed by atoms with Gasteiger partial charge in [0, 0.05) is 36.6 Å². The van der Waals surface area contributed by atoms with Gasteiger partial charge in [0.2, 0.25) is 0 Å². The van der Waals surface area contributed by atoms with Gasteiger partial charge in [-0.25, -0.2) is 0 Å². The van der Waals surface area contributed by atoms with Crippen LogP contribution in [0.15, 0.2) is 30.6 Å². The molecule has 1 aromatic carbocycles. The van der Waals surface area contributed by atoms with Crippen LogP contribution in [-0.4, -0.2) is 34.6 Å². The van der Waals surface area contributed by atoms with Crippen molar-refractivity contribution in [1.82, 2.24) is 4.98 Å². The highest BCUT2D eigenvalue weighted by Crippen LogP contribution is 2.32. The predicted molar refractivity (Wildman–Crippen MR) is 69.3 cm³/mol. The smallest absolute Gasteiger partial charge is 0.323 e. The van der Waals surface area contributed by atoms with Crippen LogP contribution in [0.2, 0.25) is 0 Å². The normalized spacial score (nSPS) is 10.4. The Hall–Kier alpha value is -2.70. The molecule has 0 bridgehead atoms. The number of nitro benzene ring substituents is 1. The average Bonchev–Trinajstić information content (AvgIpc) is 2.36. The molecule has 1 N–H and O–H groups in total. The highest BCUT2D eigenvalue weighted by atomic mass is 16.6.